The molecule has 1 aromatic carbocycles. The highest BCUT2D eigenvalue weighted by molar-refractivity contribution is 5.92. The van der Waals surface area contributed by atoms with Gasteiger partial charge < -0.3 is 9.42 Å². The van der Waals surface area contributed by atoms with Gasteiger partial charge in [0.1, 0.15) is 11.7 Å². The van der Waals surface area contributed by atoms with E-state index >= 15 is 0 Å². The van der Waals surface area contributed by atoms with Gasteiger partial charge in [-0.25, -0.2) is 4.68 Å². The Hall–Kier alpha value is -3.16. The van der Waals surface area contributed by atoms with Crippen LogP contribution < -0.4 is 5.56 Å². The third-order valence-electron chi connectivity index (χ3n) is 4.74. The van der Waals surface area contributed by atoms with Crippen molar-refractivity contribution in [2.75, 3.05) is 6.54 Å². The Morgan fingerprint density at radius 1 is 1.30 bits per heavy atom. The Morgan fingerprint density at radius 2 is 2.07 bits per heavy atom. The van der Waals surface area contributed by atoms with Crippen LogP contribution in [0.1, 0.15) is 60.9 Å². The number of rotatable bonds is 4. The summed E-state index contributed by atoms with van der Waals surface area (Å²) in [6.07, 6.45) is 1.61. The zero-order chi connectivity index (χ0) is 19.0. The van der Waals surface area contributed by atoms with E-state index in [1.54, 1.807) is 17.0 Å². The molecule has 1 saturated heterocycles. The summed E-state index contributed by atoms with van der Waals surface area (Å²) in [7, 11) is 0. The summed E-state index contributed by atoms with van der Waals surface area (Å²) < 4.78 is 6.76. The van der Waals surface area contributed by atoms with E-state index in [0.29, 0.717) is 23.9 Å². The fourth-order valence-corrected chi connectivity index (χ4v) is 3.31. The molecule has 1 atom stereocenters. The molecule has 1 aliphatic rings. The second-order valence-corrected chi connectivity index (χ2v) is 6.98. The molecule has 3 heterocycles. The Kier molecular flexibility index (Phi) is 4.39. The first kappa shape index (κ1) is 17.3. The molecule has 1 fully saturated rings. The molecule has 4 rings (SSSR count). The quantitative estimate of drug-likeness (QED) is 0.764. The summed E-state index contributed by atoms with van der Waals surface area (Å²) in [6.45, 7) is 4.56. The van der Waals surface area contributed by atoms with Gasteiger partial charge in [-0.1, -0.05) is 37.2 Å². The van der Waals surface area contributed by atoms with Crippen LogP contribution in [0.15, 0.2) is 45.7 Å². The highest BCUT2D eigenvalue weighted by atomic mass is 16.5. The van der Waals surface area contributed by atoms with Gasteiger partial charge in [0.25, 0.3) is 11.5 Å². The van der Waals surface area contributed by atoms with Crippen molar-refractivity contribution in [1.82, 2.24) is 24.8 Å². The van der Waals surface area contributed by atoms with E-state index in [1.165, 1.54) is 10.7 Å². The fourth-order valence-electron chi connectivity index (χ4n) is 3.31. The van der Waals surface area contributed by atoms with Gasteiger partial charge in [-0.2, -0.15) is 4.98 Å². The molecule has 2 aromatic heterocycles. The van der Waals surface area contributed by atoms with Gasteiger partial charge in [0.15, 0.2) is 5.82 Å². The van der Waals surface area contributed by atoms with Gasteiger partial charge in [-0.3, -0.25) is 14.7 Å². The molecule has 1 aliphatic heterocycles. The molecule has 0 spiro atoms. The number of benzene rings is 1. The topological polar surface area (TPSA) is 97.0 Å². The summed E-state index contributed by atoms with van der Waals surface area (Å²) in [4.78, 5) is 31.5. The molecule has 0 aliphatic carbocycles. The van der Waals surface area contributed by atoms with E-state index in [1.807, 2.05) is 32.0 Å². The molecule has 1 N–H and O–H groups in total. The average Bonchev–Trinajstić information content (AvgIpc) is 3.40. The monoisotopic (exact) mass is 367 g/mol. The number of nitrogens with one attached hydrogen (secondary N) is 1. The van der Waals surface area contributed by atoms with E-state index in [-0.39, 0.29) is 29.1 Å². The number of likely N-dealkylation sites (tertiary alicyclic amines) is 1. The van der Waals surface area contributed by atoms with Crippen LogP contribution in [-0.2, 0) is 0 Å². The highest BCUT2D eigenvalue weighted by Crippen LogP contribution is 2.32. The molecule has 8 heteroatoms. The standard InChI is InChI=1S/C19H21N5O3/c1-12(2)17-20-18(27-22-17)15-9-6-10-23(15)19(26)14-11-16(25)24(21-14)13-7-4-3-5-8-13/h3-5,7-8,11-12,15,21H,6,9-10H2,1-2H3/t15-/m0/s1. The first-order valence-electron chi connectivity index (χ1n) is 9.06. The minimum atomic E-state index is -0.278. The largest absolute Gasteiger partial charge is 0.337 e. The van der Waals surface area contributed by atoms with Crippen LogP contribution in [0.5, 0.6) is 0 Å². The SMILES string of the molecule is CC(C)c1noc([C@@H]2CCCN2C(=O)c2cc(=O)n(-c3ccccc3)[nH]2)n1. The van der Waals surface area contributed by atoms with Crippen LogP contribution in [0, 0.1) is 0 Å². The van der Waals surface area contributed by atoms with E-state index in [9.17, 15) is 9.59 Å². The molecule has 140 valence electrons. The molecular formula is C19H21N5O3. The molecule has 27 heavy (non-hydrogen) atoms. The smallest absolute Gasteiger partial charge is 0.272 e. The van der Waals surface area contributed by atoms with Gasteiger partial charge in [-0.05, 0) is 25.0 Å². The van der Waals surface area contributed by atoms with Crippen molar-refractivity contribution in [1.29, 1.82) is 0 Å². The fraction of sp³-hybridized carbons (Fsp3) is 0.368. The summed E-state index contributed by atoms with van der Waals surface area (Å²) >= 11 is 0. The number of carbonyl (C=O) groups is 1. The first-order valence-corrected chi connectivity index (χ1v) is 9.06. The number of carbonyl (C=O) groups excluding carboxylic acids is 1. The number of amides is 1. The third-order valence-corrected chi connectivity index (χ3v) is 4.74. The van der Waals surface area contributed by atoms with Crippen LogP contribution in [-0.4, -0.2) is 37.3 Å². The van der Waals surface area contributed by atoms with Crippen LogP contribution in [0.3, 0.4) is 0 Å². The third kappa shape index (κ3) is 3.18. The normalized spacial score (nSPS) is 17.0. The summed E-state index contributed by atoms with van der Waals surface area (Å²) in [5, 5.41) is 6.91. The number of nitrogens with zero attached hydrogens (tertiary/aromatic N) is 4. The lowest BCUT2D eigenvalue weighted by atomic mass is 10.2. The molecular weight excluding hydrogens is 346 g/mol. The van der Waals surface area contributed by atoms with Crippen molar-refractivity contribution in [2.45, 2.75) is 38.6 Å². The Balaban J connectivity index is 1.61. The summed E-state index contributed by atoms with van der Waals surface area (Å²) in [6, 6.07) is 10.2. The maximum absolute atomic E-state index is 13.0. The minimum absolute atomic E-state index is 0.157. The Morgan fingerprint density at radius 3 is 2.78 bits per heavy atom. The Bertz CT molecular complexity index is 1000. The van der Waals surface area contributed by atoms with Gasteiger partial charge in [0.2, 0.25) is 5.89 Å². The van der Waals surface area contributed by atoms with Gasteiger partial charge in [0.05, 0.1) is 5.69 Å². The van der Waals surface area contributed by atoms with Gasteiger partial charge in [-0.15, -0.1) is 0 Å². The maximum Gasteiger partial charge on any atom is 0.272 e. The van der Waals surface area contributed by atoms with Crippen LogP contribution in [0.2, 0.25) is 0 Å². The number of aromatic amines is 1. The molecule has 0 bridgehead atoms. The number of hydrogen-bond donors (Lipinski definition) is 1. The average molecular weight is 367 g/mol. The number of para-hydroxylation sites is 1. The lowest BCUT2D eigenvalue weighted by molar-refractivity contribution is 0.0703. The molecule has 0 radical (unpaired) electrons. The van der Waals surface area contributed by atoms with Crippen molar-refractivity contribution in [2.24, 2.45) is 0 Å². The molecule has 1 amide bonds. The van der Waals surface area contributed by atoms with E-state index < -0.39 is 0 Å². The molecule has 0 saturated carbocycles. The highest BCUT2D eigenvalue weighted by Gasteiger charge is 2.35. The predicted octanol–water partition coefficient (Wildman–Crippen LogP) is 2.65. The Labute approximate surface area is 155 Å². The lowest BCUT2D eigenvalue weighted by Gasteiger charge is -2.21. The number of H-pyrrole nitrogens is 1. The van der Waals surface area contributed by atoms with Crippen LogP contribution in [0.25, 0.3) is 5.69 Å². The molecule has 8 nitrogen and oxygen atoms in total. The van der Waals surface area contributed by atoms with E-state index in [0.717, 1.165) is 12.8 Å². The summed E-state index contributed by atoms with van der Waals surface area (Å²) in [5.74, 6) is 1.00. The van der Waals surface area contributed by atoms with Crippen molar-refractivity contribution in [3.63, 3.8) is 0 Å². The van der Waals surface area contributed by atoms with Crippen molar-refractivity contribution in [3.8, 4) is 5.69 Å². The maximum atomic E-state index is 13.0. The van der Waals surface area contributed by atoms with Gasteiger partial charge >= 0.3 is 0 Å². The second kappa shape index (κ2) is 6.86. The molecule has 3 aromatic rings. The van der Waals surface area contributed by atoms with Crippen molar-refractivity contribution < 1.29 is 9.32 Å². The van der Waals surface area contributed by atoms with Crippen molar-refractivity contribution in [3.05, 3.63) is 64.2 Å². The van der Waals surface area contributed by atoms with Crippen LogP contribution >= 0.6 is 0 Å². The summed E-state index contributed by atoms with van der Waals surface area (Å²) in [5.41, 5.74) is 0.650. The zero-order valence-electron chi connectivity index (χ0n) is 15.3. The lowest BCUT2D eigenvalue weighted by Crippen LogP contribution is -2.31. The van der Waals surface area contributed by atoms with E-state index in [4.69, 9.17) is 4.52 Å². The van der Waals surface area contributed by atoms with Crippen molar-refractivity contribution >= 4 is 5.91 Å². The minimum Gasteiger partial charge on any atom is -0.337 e. The zero-order valence-corrected chi connectivity index (χ0v) is 15.3. The number of hydrogen-bond acceptors (Lipinski definition) is 5. The predicted molar refractivity (Wildman–Crippen MR) is 97.8 cm³/mol. The molecule has 0 unspecified atom stereocenters. The van der Waals surface area contributed by atoms with Crippen LogP contribution in [0.4, 0.5) is 0 Å². The van der Waals surface area contributed by atoms with Gasteiger partial charge in [0, 0.05) is 18.5 Å². The number of aromatic nitrogens is 4. The van der Waals surface area contributed by atoms with E-state index in [2.05, 4.69) is 15.2 Å². The second-order valence-electron chi connectivity index (χ2n) is 6.98. The first-order chi connectivity index (χ1) is 13.0.